The molecule has 0 saturated heterocycles. The first-order valence-electron chi connectivity index (χ1n) is 7.39. The third kappa shape index (κ3) is 4.03. The van der Waals surface area contributed by atoms with E-state index in [1.165, 1.54) is 12.8 Å². The predicted molar refractivity (Wildman–Crippen MR) is 81.7 cm³/mol. The van der Waals surface area contributed by atoms with Crippen LogP contribution < -0.4 is 20.1 Å². The third-order valence-electron chi connectivity index (χ3n) is 4.08. The summed E-state index contributed by atoms with van der Waals surface area (Å²) >= 11 is 0. The highest BCUT2D eigenvalue weighted by Gasteiger charge is 2.24. The van der Waals surface area contributed by atoms with Gasteiger partial charge in [-0.05, 0) is 36.5 Å². The number of hydrogen-bond donors (Lipinski definition) is 2. The van der Waals surface area contributed by atoms with E-state index >= 15 is 0 Å². The number of amides is 2. The summed E-state index contributed by atoms with van der Waals surface area (Å²) in [5.74, 6) is 1.92. The fourth-order valence-corrected chi connectivity index (χ4v) is 2.75. The van der Waals surface area contributed by atoms with Crippen LogP contribution in [0, 0.1) is 5.92 Å². The number of methoxy groups -OCH3 is 2. The molecule has 1 aliphatic carbocycles. The Bertz CT molecular complexity index is 490. The number of urea groups is 1. The molecule has 0 heterocycles. The summed E-state index contributed by atoms with van der Waals surface area (Å²) in [6.45, 7) is 2.65. The Morgan fingerprint density at radius 3 is 2.62 bits per heavy atom. The standard InChI is InChI=1S/C16H24N2O3/c1-11-5-4-6-13(11)18-16(19)17-10-12-7-8-14(20-2)15(9-12)21-3/h7-9,11,13H,4-6,10H2,1-3H3,(H2,17,18,19). The smallest absolute Gasteiger partial charge is 0.315 e. The van der Waals surface area contributed by atoms with E-state index in [1.54, 1.807) is 14.2 Å². The molecule has 1 saturated carbocycles. The van der Waals surface area contributed by atoms with Crippen LogP contribution in [0.15, 0.2) is 18.2 Å². The van der Waals surface area contributed by atoms with Crippen molar-refractivity contribution in [1.29, 1.82) is 0 Å². The van der Waals surface area contributed by atoms with E-state index in [-0.39, 0.29) is 6.03 Å². The van der Waals surface area contributed by atoms with Crippen molar-refractivity contribution in [1.82, 2.24) is 10.6 Å². The van der Waals surface area contributed by atoms with Gasteiger partial charge < -0.3 is 20.1 Å². The summed E-state index contributed by atoms with van der Waals surface area (Å²) in [6, 6.07) is 5.82. The van der Waals surface area contributed by atoms with Gasteiger partial charge in [0.2, 0.25) is 0 Å². The fraction of sp³-hybridized carbons (Fsp3) is 0.562. The minimum absolute atomic E-state index is 0.108. The molecule has 116 valence electrons. The fourth-order valence-electron chi connectivity index (χ4n) is 2.75. The molecule has 0 bridgehead atoms. The van der Waals surface area contributed by atoms with Gasteiger partial charge in [-0.3, -0.25) is 0 Å². The lowest BCUT2D eigenvalue weighted by Crippen LogP contribution is -2.42. The summed E-state index contributed by atoms with van der Waals surface area (Å²) in [4.78, 5) is 11.9. The van der Waals surface area contributed by atoms with Gasteiger partial charge in [0.25, 0.3) is 0 Å². The zero-order valence-corrected chi connectivity index (χ0v) is 12.9. The first-order valence-corrected chi connectivity index (χ1v) is 7.39. The van der Waals surface area contributed by atoms with Crippen molar-refractivity contribution < 1.29 is 14.3 Å². The molecule has 1 aromatic carbocycles. The van der Waals surface area contributed by atoms with Crippen LogP contribution in [0.5, 0.6) is 11.5 Å². The number of carbonyl (C=O) groups excluding carboxylic acids is 1. The maximum Gasteiger partial charge on any atom is 0.315 e. The second-order valence-corrected chi connectivity index (χ2v) is 5.53. The van der Waals surface area contributed by atoms with Crippen LogP contribution in [-0.4, -0.2) is 26.3 Å². The summed E-state index contributed by atoms with van der Waals surface area (Å²) in [7, 11) is 3.20. The second kappa shape index (κ2) is 7.20. The molecule has 2 rings (SSSR count). The summed E-state index contributed by atoms with van der Waals surface area (Å²) in [5.41, 5.74) is 0.974. The number of rotatable bonds is 5. The quantitative estimate of drug-likeness (QED) is 0.877. The number of nitrogens with one attached hydrogen (secondary N) is 2. The highest BCUT2D eigenvalue weighted by molar-refractivity contribution is 5.74. The first kappa shape index (κ1) is 15.5. The molecule has 0 aromatic heterocycles. The molecule has 5 heteroatoms. The van der Waals surface area contributed by atoms with Crippen LogP contribution in [0.2, 0.25) is 0 Å². The van der Waals surface area contributed by atoms with Crippen molar-refractivity contribution in [3.8, 4) is 11.5 Å². The zero-order chi connectivity index (χ0) is 15.2. The Morgan fingerprint density at radius 2 is 2.00 bits per heavy atom. The molecule has 2 N–H and O–H groups in total. The monoisotopic (exact) mass is 292 g/mol. The topological polar surface area (TPSA) is 59.6 Å². The normalized spacial score (nSPS) is 20.9. The second-order valence-electron chi connectivity index (χ2n) is 5.53. The lowest BCUT2D eigenvalue weighted by atomic mass is 10.1. The summed E-state index contributed by atoms with van der Waals surface area (Å²) < 4.78 is 10.4. The third-order valence-corrected chi connectivity index (χ3v) is 4.08. The van der Waals surface area contributed by atoms with E-state index < -0.39 is 0 Å². The molecule has 2 unspecified atom stereocenters. The highest BCUT2D eigenvalue weighted by Crippen LogP contribution is 2.27. The first-order chi connectivity index (χ1) is 10.1. The van der Waals surface area contributed by atoms with Crippen molar-refractivity contribution in [2.75, 3.05) is 14.2 Å². The minimum atomic E-state index is -0.108. The van der Waals surface area contributed by atoms with E-state index in [0.29, 0.717) is 30.0 Å². The average Bonchev–Trinajstić information content (AvgIpc) is 2.90. The van der Waals surface area contributed by atoms with Gasteiger partial charge in [-0.15, -0.1) is 0 Å². The van der Waals surface area contributed by atoms with Gasteiger partial charge in [-0.2, -0.15) is 0 Å². The van der Waals surface area contributed by atoms with Gasteiger partial charge in [-0.1, -0.05) is 19.4 Å². The molecule has 2 atom stereocenters. The van der Waals surface area contributed by atoms with E-state index in [0.717, 1.165) is 12.0 Å². The number of hydrogen-bond acceptors (Lipinski definition) is 3. The van der Waals surface area contributed by atoms with Crippen LogP contribution in [0.25, 0.3) is 0 Å². The molecular formula is C16H24N2O3. The number of ether oxygens (including phenoxy) is 2. The van der Waals surface area contributed by atoms with Crippen LogP contribution in [-0.2, 0) is 6.54 Å². The van der Waals surface area contributed by atoms with E-state index in [9.17, 15) is 4.79 Å². The van der Waals surface area contributed by atoms with Gasteiger partial charge in [0.15, 0.2) is 11.5 Å². The Morgan fingerprint density at radius 1 is 1.24 bits per heavy atom. The predicted octanol–water partition coefficient (Wildman–Crippen LogP) is 2.69. The Balaban J connectivity index is 1.86. The van der Waals surface area contributed by atoms with Crippen LogP contribution in [0.3, 0.4) is 0 Å². The molecule has 1 fully saturated rings. The molecular weight excluding hydrogens is 268 g/mol. The van der Waals surface area contributed by atoms with Crippen molar-refractivity contribution in [3.05, 3.63) is 23.8 Å². The zero-order valence-electron chi connectivity index (χ0n) is 12.9. The summed E-state index contributed by atoms with van der Waals surface area (Å²) in [6.07, 6.45) is 3.47. The minimum Gasteiger partial charge on any atom is -0.493 e. The van der Waals surface area contributed by atoms with E-state index in [2.05, 4.69) is 17.6 Å². The summed E-state index contributed by atoms with van der Waals surface area (Å²) in [5, 5.41) is 5.93. The van der Waals surface area contributed by atoms with Gasteiger partial charge in [0.1, 0.15) is 0 Å². The molecule has 0 aliphatic heterocycles. The molecule has 2 amide bonds. The van der Waals surface area contributed by atoms with Crippen LogP contribution in [0.4, 0.5) is 4.79 Å². The lowest BCUT2D eigenvalue weighted by Gasteiger charge is -2.18. The average molecular weight is 292 g/mol. The van der Waals surface area contributed by atoms with Gasteiger partial charge >= 0.3 is 6.03 Å². The van der Waals surface area contributed by atoms with Crippen LogP contribution >= 0.6 is 0 Å². The van der Waals surface area contributed by atoms with Gasteiger partial charge in [0.05, 0.1) is 14.2 Å². The molecule has 21 heavy (non-hydrogen) atoms. The maximum atomic E-state index is 11.9. The number of carbonyl (C=O) groups is 1. The maximum absolute atomic E-state index is 11.9. The largest absolute Gasteiger partial charge is 0.493 e. The lowest BCUT2D eigenvalue weighted by molar-refractivity contribution is 0.234. The van der Waals surface area contributed by atoms with Crippen molar-refractivity contribution in [3.63, 3.8) is 0 Å². The Kier molecular flexibility index (Phi) is 5.31. The molecule has 1 aliphatic rings. The van der Waals surface area contributed by atoms with Gasteiger partial charge in [0, 0.05) is 12.6 Å². The Hall–Kier alpha value is -1.91. The van der Waals surface area contributed by atoms with Crippen molar-refractivity contribution in [2.24, 2.45) is 5.92 Å². The van der Waals surface area contributed by atoms with Crippen molar-refractivity contribution >= 4 is 6.03 Å². The highest BCUT2D eigenvalue weighted by atomic mass is 16.5. The van der Waals surface area contributed by atoms with Gasteiger partial charge in [-0.25, -0.2) is 4.79 Å². The van der Waals surface area contributed by atoms with E-state index in [4.69, 9.17) is 9.47 Å². The van der Waals surface area contributed by atoms with E-state index in [1.807, 2.05) is 18.2 Å². The molecule has 1 aromatic rings. The van der Waals surface area contributed by atoms with Crippen LogP contribution in [0.1, 0.15) is 31.7 Å². The Labute approximate surface area is 126 Å². The number of benzene rings is 1. The SMILES string of the molecule is COc1ccc(CNC(=O)NC2CCCC2C)cc1OC. The molecule has 0 spiro atoms. The molecule has 0 radical (unpaired) electrons. The molecule has 5 nitrogen and oxygen atoms in total. The van der Waals surface area contributed by atoms with Crippen molar-refractivity contribution in [2.45, 2.75) is 38.8 Å².